The van der Waals surface area contributed by atoms with Crippen molar-refractivity contribution in [3.05, 3.63) is 35.6 Å². The van der Waals surface area contributed by atoms with E-state index in [9.17, 15) is 5.11 Å². The first-order valence-corrected chi connectivity index (χ1v) is 5.77. The van der Waals surface area contributed by atoms with Crippen molar-refractivity contribution in [1.82, 2.24) is 0 Å². The molecule has 4 atom stereocenters. The van der Waals surface area contributed by atoms with Crippen LogP contribution in [0.25, 0.3) is 0 Å². The molecule has 0 aromatic carbocycles. The van der Waals surface area contributed by atoms with E-state index in [0.717, 1.165) is 35.7 Å². The van der Waals surface area contributed by atoms with Crippen molar-refractivity contribution in [3.63, 3.8) is 0 Å². The maximum absolute atomic E-state index is 9.59. The minimum absolute atomic E-state index is 0.388. The molecule has 0 aliphatic heterocycles. The van der Waals surface area contributed by atoms with Gasteiger partial charge in [0.15, 0.2) is 0 Å². The summed E-state index contributed by atoms with van der Waals surface area (Å²) in [5, 5.41) is 9.59. The van der Waals surface area contributed by atoms with Gasteiger partial charge in [-0.25, -0.2) is 0 Å². The van der Waals surface area contributed by atoms with Crippen molar-refractivity contribution in [1.29, 1.82) is 0 Å². The van der Waals surface area contributed by atoms with Crippen molar-refractivity contribution >= 4 is 0 Å². The number of rotatable bonds is 1. The van der Waals surface area contributed by atoms with Crippen LogP contribution in [0.1, 0.15) is 12.8 Å². The molecule has 15 heavy (non-hydrogen) atoms. The quantitative estimate of drug-likeness (QED) is 0.686. The molecular weight excluding hydrogens is 186 g/mol. The van der Waals surface area contributed by atoms with Gasteiger partial charge in [0.25, 0.3) is 0 Å². The second-order valence-electron chi connectivity index (χ2n) is 4.95. The number of aliphatic hydroxyl groups is 1. The fourth-order valence-corrected chi connectivity index (χ4v) is 3.16. The van der Waals surface area contributed by atoms with E-state index >= 15 is 0 Å². The highest BCUT2D eigenvalue weighted by Gasteiger charge is 2.59. The summed E-state index contributed by atoms with van der Waals surface area (Å²) in [6.07, 6.45) is 10.4. The third-order valence-corrected chi connectivity index (χ3v) is 4.14. The Morgan fingerprint density at radius 3 is 2.93 bits per heavy atom. The number of hydrogen-bond acceptors (Lipinski definition) is 2. The minimum atomic E-state index is 0.388. The zero-order valence-corrected chi connectivity index (χ0v) is 8.76. The van der Waals surface area contributed by atoms with Gasteiger partial charge in [0.05, 0.1) is 0 Å². The molecule has 2 heteroatoms. The first-order chi connectivity index (χ1) is 7.29. The van der Waals surface area contributed by atoms with E-state index in [2.05, 4.69) is 6.08 Å². The second kappa shape index (κ2) is 3.24. The SMILES string of the molecule is NCC1=CC2C(C/C=C(/O)C=C1)C1CC21. The lowest BCUT2D eigenvalue weighted by Crippen LogP contribution is -2.28. The summed E-state index contributed by atoms with van der Waals surface area (Å²) >= 11 is 0. The predicted molar refractivity (Wildman–Crippen MR) is 60.2 cm³/mol. The van der Waals surface area contributed by atoms with Crippen LogP contribution in [0.2, 0.25) is 0 Å². The van der Waals surface area contributed by atoms with E-state index in [0.29, 0.717) is 12.3 Å². The summed E-state index contributed by atoms with van der Waals surface area (Å²) in [6.45, 7) is 0.574. The van der Waals surface area contributed by atoms with Gasteiger partial charge in [-0.05, 0) is 54.2 Å². The summed E-state index contributed by atoms with van der Waals surface area (Å²) in [6, 6.07) is 0. The van der Waals surface area contributed by atoms with Gasteiger partial charge in [0.2, 0.25) is 0 Å². The molecule has 3 aliphatic rings. The number of nitrogens with two attached hydrogens (primary N) is 1. The first kappa shape index (κ1) is 9.22. The molecule has 80 valence electrons. The van der Waals surface area contributed by atoms with Gasteiger partial charge in [0.1, 0.15) is 5.76 Å². The summed E-state index contributed by atoms with van der Waals surface area (Å²) in [5.41, 5.74) is 6.85. The molecule has 0 aromatic heterocycles. The Kier molecular flexibility index (Phi) is 1.99. The molecule has 0 bridgehead atoms. The Morgan fingerprint density at radius 1 is 1.27 bits per heavy atom. The molecule has 2 nitrogen and oxygen atoms in total. The first-order valence-electron chi connectivity index (χ1n) is 5.77. The zero-order valence-electron chi connectivity index (χ0n) is 8.76. The van der Waals surface area contributed by atoms with E-state index < -0.39 is 0 Å². The van der Waals surface area contributed by atoms with Crippen molar-refractivity contribution in [3.8, 4) is 0 Å². The number of allylic oxidation sites excluding steroid dienone is 3. The van der Waals surface area contributed by atoms with Crippen LogP contribution in [0.3, 0.4) is 0 Å². The van der Waals surface area contributed by atoms with Gasteiger partial charge in [-0.15, -0.1) is 0 Å². The number of aliphatic hydroxyl groups excluding tert-OH is 1. The van der Waals surface area contributed by atoms with Crippen LogP contribution in [0.5, 0.6) is 0 Å². The summed E-state index contributed by atoms with van der Waals surface area (Å²) in [5.74, 6) is 3.74. The Hall–Kier alpha value is -1.02. The summed E-state index contributed by atoms with van der Waals surface area (Å²) in [4.78, 5) is 0. The van der Waals surface area contributed by atoms with Crippen molar-refractivity contribution in [2.45, 2.75) is 12.8 Å². The highest BCUT2D eigenvalue weighted by molar-refractivity contribution is 5.31. The zero-order chi connectivity index (χ0) is 10.4. The molecule has 3 rings (SSSR count). The molecule has 2 saturated carbocycles. The van der Waals surface area contributed by atoms with Crippen LogP contribution < -0.4 is 5.73 Å². The third-order valence-electron chi connectivity index (χ3n) is 4.14. The molecule has 0 saturated heterocycles. The summed E-state index contributed by atoms with van der Waals surface area (Å²) in [7, 11) is 0. The van der Waals surface area contributed by atoms with E-state index in [-0.39, 0.29) is 0 Å². The lowest BCUT2D eigenvalue weighted by atomic mass is 9.71. The van der Waals surface area contributed by atoms with Crippen molar-refractivity contribution < 1.29 is 5.11 Å². The van der Waals surface area contributed by atoms with E-state index in [4.69, 9.17) is 5.73 Å². The van der Waals surface area contributed by atoms with Crippen molar-refractivity contribution in [2.75, 3.05) is 6.54 Å². The molecule has 0 amide bonds. The van der Waals surface area contributed by atoms with Crippen LogP contribution in [0.4, 0.5) is 0 Å². The lowest BCUT2D eigenvalue weighted by molar-refractivity contribution is 0.203. The van der Waals surface area contributed by atoms with E-state index in [1.807, 2.05) is 12.2 Å². The Morgan fingerprint density at radius 2 is 2.13 bits per heavy atom. The number of hydrogen-bond donors (Lipinski definition) is 2. The van der Waals surface area contributed by atoms with Gasteiger partial charge in [-0.2, -0.15) is 0 Å². The Bertz CT molecular complexity index is 367. The molecule has 3 N–H and O–H groups in total. The fraction of sp³-hybridized carbons (Fsp3) is 0.538. The number of fused-ring (bicyclic) bond motifs is 4. The molecule has 0 heterocycles. The molecular formula is C13H17NO. The van der Waals surface area contributed by atoms with Gasteiger partial charge in [-0.3, -0.25) is 0 Å². The van der Waals surface area contributed by atoms with Crippen LogP contribution >= 0.6 is 0 Å². The van der Waals surface area contributed by atoms with Crippen LogP contribution in [-0.2, 0) is 0 Å². The Labute approximate surface area is 90.2 Å². The van der Waals surface area contributed by atoms with E-state index in [1.54, 1.807) is 6.08 Å². The van der Waals surface area contributed by atoms with Crippen LogP contribution in [0.15, 0.2) is 35.6 Å². The third kappa shape index (κ3) is 1.44. The van der Waals surface area contributed by atoms with Gasteiger partial charge < -0.3 is 10.8 Å². The average Bonchev–Trinajstić information content (AvgIpc) is 2.92. The molecule has 2 fully saturated rings. The molecule has 4 unspecified atom stereocenters. The lowest BCUT2D eigenvalue weighted by Gasteiger charge is -2.33. The molecule has 0 radical (unpaired) electrons. The molecule has 0 spiro atoms. The summed E-state index contributed by atoms with van der Waals surface area (Å²) < 4.78 is 0. The molecule has 3 aliphatic carbocycles. The predicted octanol–water partition coefficient (Wildman–Crippen LogP) is 2.16. The minimum Gasteiger partial charge on any atom is -0.508 e. The normalized spacial score (nSPS) is 45.7. The van der Waals surface area contributed by atoms with Crippen LogP contribution in [-0.4, -0.2) is 11.7 Å². The Balaban J connectivity index is 1.89. The maximum Gasteiger partial charge on any atom is 0.111 e. The van der Waals surface area contributed by atoms with Crippen LogP contribution in [0, 0.1) is 23.7 Å². The molecule has 0 aromatic rings. The highest BCUT2D eigenvalue weighted by Crippen LogP contribution is 2.65. The largest absolute Gasteiger partial charge is 0.508 e. The maximum atomic E-state index is 9.59. The second-order valence-corrected chi connectivity index (χ2v) is 4.95. The van der Waals surface area contributed by atoms with E-state index in [1.165, 1.54) is 6.42 Å². The van der Waals surface area contributed by atoms with Gasteiger partial charge in [0, 0.05) is 6.54 Å². The topological polar surface area (TPSA) is 46.2 Å². The van der Waals surface area contributed by atoms with Crippen molar-refractivity contribution in [2.24, 2.45) is 29.4 Å². The highest BCUT2D eigenvalue weighted by atomic mass is 16.3. The monoisotopic (exact) mass is 203 g/mol. The fourth-order valence-electron chi connectivity index (χ4n) is 3.16. The average molecular weight is 203 g/mol. The standard InChI is InChI=1S/C13H17NO/c14-7-8-1-2-9(15)3-4-10-11(5-8)13-6-12(10)13/h1-3,5,10-13,15H,4,6-7,14H2/b2-1?,8-5?,9-3+. The smallest absolute Gasteiger partial charge is 0.111 e. The van der Waals surface area contributed by atoms with Gasteiger partial charge in [-0.1, -0.05) is 12.2 Å². The van der Waals surface area contributed by atoms with Gasteiger partial charge >= 0.3 is 0 Å².